The van der Waals surface area contributed by atoms with Crippen molar-refractivity contribution in [1.82, 2.24) is 14.8 Å². The highest BCUT2D eigenvalue weighted by molar-refractivity contribution is 6.32. The fraction of sp³-hybridized carbons (Fsp3) is 0.269. The molecule has 8 heteroatoms. The van der Waals surface area contributed by atoms with Gasteiger partial charge in [-0.05, 0) is 42.8 Å². The van der Waals surface area contributed by atoms with Crippen LogP contribution in [0.15, 0.2) is 67.0 Å². The number of carbonyl (C=O) groups is 2. The predicted molar refractivity (Wildman–Crippen MR) is 133 cm³/mol. The summed E-state index contributed by atoms with van der Waals surface area (Å²) in [4.78, 5) is 34.1. The van der Waals surface area contributed by atoms with Gasteiger partial charge in [0.05, 0.1) is 16.3 Å². The minimum Gasteiger partial charge on any atom is -0.491 e. The molecule has 34 heavy (non-hydrogen) atoms. The molecule has 2 amide bonds. The summed E-state index contributed by atoms with van der Waals surface area (Å²) in [7, 11) is 0. The Morgan fingerprint density at radius 2 is 1.74 bits per heavy atom. The van der Waals surface area contributed by atoms with Crippen molar-refractivity contribution in [2.45, 2.75) is 6.92 Å². The maximum absolute atomic E-state index is 13.3. The van der Waals surface area contributed by atoms with Crippen molar-refractivity contribution in [1.29, 1.82) is 0 Å². The molecule has 0 saturated carbocycles. The Labute approximate surface area is 204 Å². The fourth-order valence-electron chi connectivity index (χ4n) is 3.89. The predicted octanol–water partition coefficient (Wildman–Crippen LogP) is 4.13. The molecule has 1 aliphatic heterocycles. The van der Waals surface area contributed by atoms with Gasteiger partial charge in [0, 0.05) is 50.7 Å². The molecule has 1 N–H and O–H groups in total. The van der Waals surface area contributed by atoms with Crippen LogP contribution in [0.5, 0.6) is 5.75 Å². The molecule has 2 aromatic carbocycles. The van der Waals surface area contributed by atoms with Crippen LogP contribution in [0.3, 0.4) is 0 Å². The summed E-state index contributed by atoms with van der Waals surface area (Å²) >= 11 is 6.14. The molecule has 0 radical (unpaired) electrons. The number of pyridine rings is 1. The zero-order chi connectivity index (χ0) is 23.9. The number of aromatic nitrogens is 1. The lowest BCUT2D eigenvalue weighted by atomic mass is 10.1. The minimum atomic E-state index is -0.269. The molecule has 3 aromatic rings. The molecule has 0 atom stereocenters. The first-order valence-corrected chi connectivity index (χ1v) is 11.6. The SMILES string of the molecule is Cc1cccc(C(=O)N2CCN(CCOc3ccccc3Cl)CC2)c1NC(=O)c1ccncc1. The summed E-state index contributed by atoms with van der Waals surface area (Å²) in [5.74, 6) is 0.327. The van der Waals surface area contributed by atoms with Crippen molar-refractivity contribution >= 4 is 29.1 Å². The lowest BCUT2D eigenvalue weighted by molar-refractivity contribution is 0.0621. The van der Waals surface area contributed by atoms with E-state index in [1.165, 1.54) is 0 Å². The molecule has 7 nitrogen and oxygen atoms in total. The number of hydrogen-bond acceptors (Lipinski definition) is 5. The second kappa shape index (κ2) is 11.1. The van der Waals surface area contributed by atoms with Crippen LogP contribution in [0.4, 0.5) is 5.69 Å². The van der Waals surface area contributed by atoms with Crippen LogP contribution in [0, 0.1) is 6.92 Å². The summed E-state index contributed by atoms with van der Waals surface area (Å²) in [5.41, 5.74) is 2.37. The lowest BCUT2D eigenvalue weighted by Gasteiger charge is -2.35. The third-order valence-electron chi connectivity index (χ3n) is 5.85. The second-order valence-electron chi connectivity index (χ2n) is 8.10. The summed E-state index contributed by atoms with van der Waals surface area (Å²) < 4.78 is 5.79. The van der Waals surface area contributed by atoms with Crippen LogP contribution in [-0.4, -0.2) is 65.9 Å². The van der Waals surface area contributed by atoms with Gasteiger partial charge in [-0.25, -0.2) is 0 Å². The van der Waals surface area contributed by atoms with Crippen LogP contribution in [0.25, 0.3) is 0 Å². The number of anilines is 1. The zero-order valence-electron chi connectivity index (χ0n) is 19.0. The van der Waals surface area contributed by atoms with Crippen molar-refractivity contribution < 1.29 is 14.3 Å². The van der Waals surface area contributed by atoms with E-state index in [9.17, 15) is 9.59 Å². The third-order valence-corrected chi connectivity index (χ3v) is 6.16. The molecule has 4 rings (SSSR count). The highest BCUT2D eigenvalue weighted by Gasteiger charge is 2.25. The normalized spacial score (nSPS) is 14.0. The number of nitrogens with zero attached hydrogens (tertiary/aromatic N) is 3. The van der Waals surface area contributed by atoms with E-state index in [0.29, 0.717) is 47.3 Å². The van der Waals surface area contributed by atoms with Gasteiger partial charge in [-0.1, -0.05) is 35.9 Å². The summed E-state index contributed by atoms with van der Waals surface area (Å²) in [6, 6.07) is 16.2. The van der Waals surface area contributed by atoms with Gasteiger partial charge in [0.2, 0.25) is 0 Å². The summed E-state index contributed by atoms with van der Waals surface area (Å²) in [6.07, 6.45) is 3.13. The molecule has 1 aromatic heterocycles. The Balaban J connectivity index is 1.34. The molecule has 1 saturated heterocycles. The Bertz CT molecular complexity index is 1150. The van der Waals surface area contributed by atoms with E-state index in [1.54, 1.807) is 36.7 Å². The quantitative estimate of drug-likeness (QED) is 0.552. The zero-order valence-corrected chi connectivity index (χ0v) is 19.8. The van der Waals surface area contributed by atoms with Gasteiger partial charge < -0.3 is 15.0 Å². The van der Waals surface area contributed by atoms with E-state index in [1.807, 2.05) is 42.2 Å². The number of piperazine rings is 1. The summed E-state index contributed by atoms with van der Waals surface area (Å²) in [5, 5.41) is 3.52. The average Bonchev–Trinajstić information content (AvgIpc) is 2.87. The highest BCUT2D eigenvalue weighted by atomic mass is 35.5. The van der Waals surface area contributed by atoms with E-state index in [0.717, 1.165) is 25.2 Å². The molecule has 176 valence electrons. The molecule has 0 spiro atoms. The second-order valence-corrected chi connectivity index (χ2v) is 8.51. The molecular formula is C26H27ClN4O3. The Morgan fingerprint density at radius 1 is 1.00 bits per heavy atom. The maximum atomic E-state index is 13.3. The Hall–Kier alpha value is -3.42. The first kappa shape index (κ1) is 23.7. The van der Waals surface area contributed by atoms with Crippen LogP contribution >= 0.6 is 11.6 Å². The van der Waals surface area contributed by atoms with Crippen molar-refractivity contribution in [3.8, 4) is 5.75 Å². The molecule has 2 heterocycles. The first-order chi connectivity index (χ1) is 16.5. The first-order valence-electron chi connectivity index (χ1n) is 11.2. The fourth-order valence-corrected chi connectivity index (χ4v) is 4.08. The third kappa shape index (κ3) is 5.73. The van der Waals surface area contributed by atoms with E-state index in [4.69, 9.17) is 16.3 Å². The van der Waals surface area contributed by atoms with Gasteiger partial charge in [-0.2, -0.15) is 0 Å². The van der Waals surface area contributed by atoms with Crippen LogP contribution in [-0.2, 0) is 0 Å². The number of rotatable bonds is 7. The van der Waals surface area contributed by atoms with Crippen molar-refractivity contribution in [3.63, 3.8) is 0 Å². The van der Waals surface area contributed by atoms with E-state index >= 15 is 0 Å². The number of para-hydroxylation sites is 2. The molecular weight excluding hydrogens is 452 g/mol. The standard InChI is InChI=1S/C26H27ClN4O3/c1-19-5-4-6-21(24(19)29-25(32)20-9-11-28-12-10-20)26(33)31-15-13-30(14-16-31)17-18-34-23-8-3-2-7-22(23)27/h2-12H,13-18H2,1H3,(H,29,32). The maximum Gasteiger partial charge on any atom is 0.256 e. The number of amides is 2. The Morgan fingerprint density at radius 3 is 2.47 bits per heavy atom. The summed E-state index contributed by atoms with van der Waals surface area (Å²) in [6.45, 7) is 5.89. The largest absolute Gasteiger partial charge is 0.491 e. The molecule has 0 unspecified atom stereocenters. The number of benzene rings is 2. The van der Waals surface area contributed by atoms with Gasteiger partial charge >= 0.3 is 0 Å². The number of halogens is 1. The van der Waals surface area contributed by atoms with Crippen LogP contribution in [0.1, 0.15) is 26.3 Å². The number of carbonyl (C=O) groups excluding carboxylic acids is 2. The van der Waals surface area contributed by atoms with Gasteiger partial charge in [0.25, 0.3) is 11.8 Å². The Kier molecular flexibility index (Phi) is 7.77. The van der Waals surface area contributed by atoms with Crippen molar-refractivity contribution in [2.75, 3.05) is 44.6 Å². The molecule has 0 bridgehead atoms. The van der Waals surface area contributed by atoms with Crippen molar-refractivity contribution in [2.24, 2.45) is 0 Å². The van der Waals surface area contributed by atoms with Crippen molar-refractivity contribution in [3.05, 3.63) is 88.7 Å². The average molecular weight is 479 g/mol. The molecule has 1 fully saturated rings. The smallest absolute Gasteiger partial charge is 0.256 e. The van der Waals surface area contributed by atoms with Crippen LogP contribution < -0.4 is 10.1 Å². The van der Waals surface area contributed by atoms with Gasteiger partial charge in [0.1, 0.15) is 12.4 Å². The number of ether oxygens (including phenoxy) is 1. The van der Waals surface area contributed by atoms with E-state index in [-0.39, 0.29) is 11.8 Å². The van der Waals surface area contributed by atoms with E-state index in [2.05, 4.69) is 15.2 Å². The van der Waals surface area contributed by atoms with Gasteiger partial charge in [0.15, 0.2) is 0 Å². The topological polar surface area (TPSA) is 74.8 Å². The van der Waals surface area contributed by atoms with E-state index < -0.39 is 0 Å². The molecule has 1 aliphatic rings. The monoisotopic (exact) mass is 478 g/mol. The van der Waals surface area contributed by atoms with Gasteiger partial charge in [-0.15, -0.1) is 0 Å². The number of aryl methyl sites for hydroxylation is 1. The molecule has 0 aliphatic carbocycles. The highest BCUT2D eigenvalue weighted by Crippen LogP contribution is 2.24. The lowest BCUT2D eigenvalue weighted by Crippen LogP contribution is -2.49. The number of nitrogens with one attached hydrogen (secondary N) is 1. The van der Waals surface area contributed by atoms with Crippen LogP contribution in [0.2, 0.25) is 5.02 Å². The minimum absolute atomic E-state index is 0.0827. The van der Waals surface area contributed by atoms with Gasteiger partial charge in [-0.3, -0.25) is 19.5 Å². The number of hydrogen-bond donors (Lipinski definition) is 1.